The largest absolute Gasteiger partial charge is 0.508 e. The average molecular weight is 290 g/mol. The van der Waals surface area contributed by atoms with Crippen LogP contribution in [0.2, 0.25) is 0 Å². The smallest absolute Gasteiger partial charge is 0.262 e. The normalized spacial score (nSPS) is 10.8. The van der Waals surface area contributed by atoms with Gasteiger partial charge in [0.15, 0.2) is 11.6 Å². The van der Waals surface area contributed by atoms with Crippen molar-refractivity contribution in [3.8, 4) is 34.3 Å². The van der Waals surface area contributed by atoms with Crippen molar-refractivity contribution >= 4 is 0 Å². The molecule has 2 aromatic carbocycles. The van der Waals surface area contributed by atoms with Gasteiger partial charge in [0.25, 0.3) is 5.89 Å². The van der Waals surface area contributed by atoms with Crippen LogP contribution in [0.3, 0.4) is 0 Å². The van der Waals surface area contributed by atoms with E-state index >= 15 is 0 Å². The highest BCUT2D eigenvalue weighted by Gasteiger charge is 2.15. The Hall–Kier alpha value is -2.96. The highest BCUT2D eigenvalue weighted by molar-refractivity contribution is 5.66. The minimum absolute atomic E-state index is 0.00719. The van der Waals surface area contributed by atoms with Crippen LogP contribution < -0.4 is 0 Å². The standard InChI is InChI=1S/C14H8F2N2O3/c15-10-4-1-7(5-11(10)16)13-17-14(21-18-13)9-3-2-8(19)6-12(9)20/h1-6,19-20H. The summed E-state index contributed by atoms with van der Waals surface area (Å²) in [6, 6.07) is 7.07. The van der Waals surface area contributed by atoms with Crippen LogP contribution in [0.25, 0.3) is 22.8 Å². The quantitative estimate of drug-likeness (QED) is 0.758. The maximum atomic E-state index is 13.2. The Labute approximate surface area is 117 Å². The van der Waals surface area contributed by atoms with E-state index in [9.17, 15) is 19.0 Å². The van der Waals surface area contributed by atoms with Crippen LogP contribution in [0.4, 0.5) is 8.78 Å². The molecule has 3 aromatic rings. The molecule has 0 aliphatic rings. The zero-order valence-electron chi connectivity index (χ0n) is 10.4. The maximum Gasteiger partial charge on any atom is 0.262 e. The van der Waals surface area contributed by atoms with E-state index in [4.69, 9.17) is 4.52 Å². The van der Waals surface area contributed by atoms with Crippen LogP contribution in [0.15, 0.2) is 40.9 Å². The molecule has 0 spiro atoms. The molecular weight excluding hydrogens is 282 g/mol. The van der Waals surface area contributed by atoms with Gasteiger partial charge in [0.1, 0.15) is 11.5 Å². The topological polar surface area (TPSA) is 79.4 Å². The molecule has 0 atom stereocenters. The van der Waals surface area contributed by atoms with Crippen molar-refractivity contribution in [3.05, 3.63) is 48.0 Å². The Bertz CT molecular complexity index is 818. The number of aromatic nitrogens is 2. The number of phenolic OH excluding ortho intramolecular Hbond substituents is 2. The van der Waals surface area contributed by atoms with Crippen molar-refractivity contribution in [2.24, 2.45) is 0 Å². The number of rotatable bonds is 2. The van der Waals surface area contributed by atoms with Gasteiger partial charge in [0.2, 0.25) is 5.82 Å². The molecule has 0 amide bonds. The number of benzene rings is 2. The van der Waals surface area contributed by atoms with E-state index in [-0.39, 0.29) is 34.3 Å². The molecule has 5 nitrogen and oxygen atoms in total. The summed E-state index contributed by atoms with van der Waals surface area (Å²) in [5.74, 6) is -2.30. The molecule has 0 saturated heterocycles. The first-order valence-corrected chi connectivity index (χ1v) is 5.86. The lowest BCUT2D eigenvalue weighted by Gasteiger charge is -1.99. The lowest BCUT2D eigenvalue weighted by Crippen LogP contribution is -1.87. The van der Waals surface area contributed by atoms with E-state index in [1.807, 2.05) is 0 Å². The van der Waals surface area contributed by atoms with Gasteiger partial charge in [-0.25, -0.2) is 8.78 Å². The molecule has 106 valence electrons. The van der Waals surface area contributed by atoms with Crippen LogP contribution in [-0.2, 0) is 0 Å². The monoisotopic (exact) mass is 290 g/mol. The average Bonchev–Trinajstić information content (AvgIpc) is 2.91. The summed E-state index contributed by atoms with van der Waals surface area (Å²) in [7, 11) is 0. The van der Waals surface area contributed by atoms with Gasteiger partial charge in [0.05, 0.1) is 5.56 Å². The van der Waals surface area contributed by atoms with Crippen molar-refractivity contribution in [1.29, 1.82) is 0 Å². The Kier molecular flexibility index (Phi) is 3.02. The fraction of sp³-hybridized carbons (Fsp3) is 0. The second kappa shape index (κ2) is 4.86. The van der Waals surface area contributed by atoms with Crippen molar-refractivity contribution in [3.63, 3.8) is 0 Å². The third kappa shape index (κ3) is 2.40. The van der Waals surface area contributed by atoms with Gasteiger partial charge < -0.3 is 14.7 Å². The molecule has 3 rings (SSSR count). The molecule has 0 unspecified atom stereocenters. The predicted molar refractivity (Wildman–Crippen MR) is 68.4 cm³/mol. The third-order valence-electron chi connectivity index (χ3n) is 2.82. The highest BCUT2D eigenvalue weighted by atomic mass is 19.2. The molecule has 21 heavy (non-hydrogen) atoms. The summed E-state index contributed by atoms with van der Waals surface area (Å²) in [6.07, 6.45) is 0. The van der Waals surface area contributed by atoms with Crippen molar-refractivity contribution in [2.45, 2.75) is 0 Å². The van der Waals surface area contributed by atoms with Crippen molar-refractivity contribution in [1.82, 2.24) is 10.1 Å². The minimum Gasteiger partial charge on any atom is -0.508 e. The molecule has 1 aromatic heterocycles. The molecule has 0 bridgehead atoms. The third-order valence-corrected chi connectivity index (χ3v) is 2.82. The van der Waals surface area contributed by atoms with E-state index in [1.165, 1.54) is 18.2 Å². The zero-order valence-corrected chi connectivity index (χ0v) is 10.4. The van der Waals surface area contributed by atoms with Gasteiger partial charge in [-0.05, 0) is 30.3 Å². The zero-order chi connectivity index (χ0) is 15.0. The van der Waals surface area contributed by atoms with Gasteiger partial charge in [-0.1, -0.05) is 5.16 Å². The lowest BCUT2D eigenvalue weighted by atomic mass is 10.2. The van der Waals surface area contributed by atoms with Gasteiger partial charge in [-0.3, -0.25) is 0 Å². The molecular formula is C14H8F2N2O3. The van der Waals surface area contributed by atoms with Crippen molar-refractivity contribution < 1.29 is 23.5 Å². The number of hydrogen-bond acceptors (Lipinski definition) is 5. The summed E-state index contributed by atoms with van der Waals surface area (Å²) >= 11 is 0. The summed E-state index contributed by atoms with van der Waals surface area (Å²) in [5, 5.41) is 22.6. The fourth-order valence-electron chi connectivity index (χ4n) is 1.79. The highest BCUT2D eigenvalue weighted by Crippen LogP contribution is 2.32. The SMILES string of the molecule is Oc1ccc(-c2nc(-c3ccc(F)c(F)c3)no2)c(O)c1. The maximum absolute atomic E-state index is 13.2. The Morgan fingerprint density at radius 1 is 0.952 bits per heavy atom. The molecule has 1 heterocycles. The molecule has 0 saturated carbocycles. The molecule has 2 N–H and O–H groups in total. The molecule has 0 radical (unpaired) electrons. The number of nitrogens with zero attached hydrogens (tertiary/aromatic N) is 2. The van der Waals surface area contributed by atoms with Gasteiger partial charge in [-0.2, -0.15) is 4.98 Å². The first-order valence-electron chi connectivity index (χ1n) is 5.86. The number of halogens is 2. The number of aromatic hydroxyl groups is 2. The Balaban J connectivity index is 2.01. The van der Waals surface area contributed by atoms with Crippen LogP contribution in [-0.4, -0.2) is 20.4 Å². The lowest BCUT2D eigenvalue weighted by molar-refractivity contribution is 0.423. The summed E-state index contributed by atoms with van der Waals surface area (Å²) in [6.45, 7) is 0. The van der Waals surface area contributed by atoms with Crippen LogP contribution in [0, 0.1) is 11.6 Å². The van der Waals surface area contributed by atoms with E-state index in [1.54, 1.807) is 0 Å². The van der Waals surface area contributed by atoms with E-state index in [0.717, 1.165) is 18.2 Å². The van der Waals surface area contributed by atoms with Crippen LogP contribution in [0.5, 0.6) is 11.5 Å². The fourth-order valence-corrected chi connectivity index (χ4v) is 1.79. The van der Waals surface area contributed by atoms with Crippen molar-refractivity contribution in [2.75, 3.05) is 0 Å². The van der Waals surface area contributed by atoms with Gasteiger partial charge in [0, 0.05) is 11.6 Å². The van der Waals surface area contributed by atoms with Gasteiger partial charge in [-0.15, -0.1) is 0 Å². The first kappa shape index (κ1) is 13.0. The molecule has 0 fully saturated rings. The van der Waals surface area contributed by atoms with E-state index in [0.29, 0.717) is 0 Å². The first-order chi connectivity index (χ1) is 10.0. The second-order valence-corrected chi connectivity index (χ2v) is 4.25. The molecule has 7 heteroatoms. The summed E-state index contributed by atoms with van der Waals surface area (Å²) in [5.41, 5.74) is 0.455. The Morgan fingerprint density at radius 2 is 1.76 bits per heavy atom. The van der Waals surface area contributed by atoms with E-state index < -0.39 is 11.6 Å². The molecule has 0 aliphatic heterocycles. The number of phenols is 2. The Morgan fingerprint density at radius 3 is 2.48 bits per heavy atom. The van der Waals surface area contributed by atoms with Crippen LogP contribution in [0.1, 0.15) is 0 Å². The summed E-state index contributed by atoms with van der Waals surface area (Å²) in [4.78, 5) is 4.00. The minimum atomic E-state index is -1.02. The number of hydrogen-bond donors (Lipinski definition) is 2. The van der Waals surface area contributed by atoms with E-state index in [2.05, 4.69) is 10.1 Å². The van der Waals surface area contributed by atoms with Gasteiger partial charge >= 0.3 is 0 Å². The summed E-state index contributed by atoms with van der Waals surface area (Å²) < 4.78 is 31.0. The predicted octanol–water partition coefficient (Wildman–Crippen LogP) is 3.09. The molecule has 0 aliphatic carbocycles. The second-order valence-electron chi connectivity index (χ2n) is 4.25. The van der Waals surface area contributed by atoms with Crippen LogP contribution >= 0.6 is 0 Å².